The molecule has 0 aliphatic carbocycles. The zero-order valence-corrected chi connectivity index (χ0v) is 15.4. The monoisotopic (exact) mass is 337 g/mol. The van der Waals surface area contributed by atoms with E-state index in [1.54, 1.807) is 14.2 Å². The van der Waals surface area contributed by atoms with Gasteiger partial charge in [-0.2, -0.15) is 0 Å². The van der Waals surface area contributed by atoms with Gasteiger partial charge in [0.05, 0.1) is 14.2 Å². The highest BCUT2D eigenvalue weighted by atomic mass is 16.5. The molecule has 0 bridgehead atoms. The first-order valence-corrected chi connectivity index (χ1v) is 8.59. The average Bonchev–Trinajstić information content (AvgIpc) is 2.61. The van der Waals surface area contributed by atoms with E-state index in [1.165, 1.54) is 0 Å². The van der Waals surface area contributed by atoms with Crippen LogP contribution in [0.3, 0.4) is 0 Å². The summed E-state index contributed by atoms with van der Waals surface area (Å²) in [6, 6.07) is 5.67. The van der Waals surface area contributed by atoms with Gasteiger partial charge in [0.15, 0.2) is 11.5 Å². The fraction of sp³-hybridized carbons (Fsp3) is 0.611. The van der Waals surface area contributed by atoms with Gasteiger partial charge < -0.3 is 25.0 Å². The first-order chi connectivity index (χ1) is 11.6. The molecule has 0 aromatic heterocycles. The summed E-state index contributed by atoms with van der Waals surface area (Å²) in [5, 5.41) is 5.77. The summed E-state index contributed by atoms with van der Waals surface area (Å²) in [5.41, 5.74) is 1.09. The molecule has 2 amide bonds. The minimum atomic E-state index is -0.116. The molecule has 0 aliphatic heterocycles. The fourth-order valence-corrected chi connectivity index (χ4v) is 2.46. The number of nitrogens with zero attached hydrogens (tertiary/aromatic N) is 1. The van der Waals surface area contributed by atoms with E-state index < -0.39 is 0 Å². The molecule has 0 aliphatic rings. The van der Waals surface area contributed by atoms with E-state index in [9.17, 15) is 4.79 Å². The Hall–Kier alpha value is -1.95. The Morgan fingerprint density at radius 1 is 1.04 bits per heavy atom. The molecule has 6 nitrogen and oxygen atoms in total. The van der Waals surface area contributed by atoms with Crippen molar-refractivity contribution in [3.63, 3.8) is 0 Å². The van der Waals surface area contributed by atoms with Crippen molar-refractivity contribution in [2.45, 2.75) is 26.7 Å². The van der Waals surface area contributed by atoms with Crippen LogP contribution in [0.1, 0.15) is 25.8 Å². The van der Waals surface area contributed by atoms with Crippen LogP contribution in [0, 0.1) is 0 Å². The highest BCUT2D eigenvalue weighted by Crippen LogP contribution is 2.27. The Bertz CT molecular complexity index is 490. The summed E-state index contributed by atoms with van der Waals surface area (Å²) in [4.78, 5) is 14.1. The zero-order valence-electron chi connectivity index (χ0n) is 15.4. The largest absolute Gasteiger partial charge is 0.493 e. The number of ether oxygens (including phenoxy) is 2. The van der Waals surface area contributed by atoms with Gasteiger partial charge in [-0.05, 0) is 50.2 Å². The van der Waals surface area contributed by atoms with Crippen LogP contribution in [-0.4, -0.2) is 57.9 Å². The third kappa shape index (κ3) is 7.08. The van der Waals surface area contributed by atoms with Crippen LogP contribution in [-0.2, 0) is 6.42 Å². The van der Waals surface area contributed by atoms with Crippen LogP contribution >= 0.6 is 0 Å². The Kier molecular flexibility index (Phi) is 9.68. The molecule has 136 valence electrons. The summed E-state index contributed by atoms with van der Waals surface area (Å²) in [5.74, 6) is 1.41. The maximum Gasteiger partial charge on any atom is 0.314 e. The third-order valence-electron chi connectivity index (χ3n) is 3.98. The summed E-state index contributed by atoms with van der Waals surface area (Å²) in [7, 11) is 3.23. The van der Waals surface area contributed by atoms with Crippen molar-refractivity contribution in [3.8, 4) is 11.5 Å². The molecule has 0 unspecified atom stereocenters. The minimum Gasteiger partial charge on any atom is -0.493 e. The van der Waals surface area contributed by atoms with E-state index in [0.29, 0.717) is 24.6 Å². The van der Waals surface area contributed by atoms with Gasteiger partial charge in [0.1, 0.15) is 0 Å². The number of urea groups is 1. The van der Waals surface area contributed by atoms with Crippen molar-refractivity contribution in [1.82, 2.24) is 15.5 Å². The highest BCUT2D eigenvalue weighted by molar-refractivity contribution is 5.73. The van der Waals surface area contributed by atoms with Crippen LogP contribution in [0.5, 0.6) is 11.5 Å². The second-order valence-electron chi connectivity index (χ2n) is 5.50. The normalized spacial score (nSPS) is 10.5. The van der Waals surface area contributed by atoms with Crippen LogP contribution in [0.25, 0.3) is 0 Å². The van der Waals surface area contributed by atoms with Gasteiger partial charge in [0.25, 0.3) is 0 Å². The molecule has 1 rings (SSSR count). The van der Waals surface area contributed by atoms with E-state index in [-0.39, 0.29) is 6.03 Å². The number of benzene rings is 1. The lowest BCUT2D eigenvalue weighted by molar-refractivity contribution is 0.239. The van der Waals surface area contributed by atoms with Crippen molar-refractivity contribution < 1.29 is 14.3 Å². The number of hydrogen-bond acceptors (Lipinski definition) is 4. The van der Waals surface area contributed by atoms with E-state index in [2.05, 4.69) is 29.4 Å². The van der Waals surface area contributed by atoms with Gasteiger partial charge >= 0.3 is 6.03 Å². The molecule has 2 N–H and O–H groups in total. The van der Waals surface area contributed by atoms with Crippen LogP contribution in [0.15, 0.2) is 18.2 Å². The van der Waals surface area contributed by atoms with Gasteiger partial charge in [-0.15, -0.1) is 0 Å². The maximum atomic E-state index is 11.8. The molecule has 1 aromatic rings. The molecular formula is C18H31N3O3. The lowest BCUT2D eigenvalue weighted by atomic mass is 10.1. The Labute approximate surface area is 145 Å². The number of carbonyl (C=O) groups is 1. The lowest BCUT2D eigenvalue weighted by Crippen LogP contribution is -2.38. The molecule has 0 atom stereocenters. The van der Waals surface area contributed by atoms with Gasteiger partial charge in [0.2, 0.25) is 0 Å². The van der Waals surface area contributed by atoms with E-state index in [1.807, 2.05) is 18.2 Å². The predicted octanol–water partition coefficient (Wildman–Crippen LogP) is 2.28. The topological polar surface area (TPSA) is 62.8 Å². The van der Waals surface area contributed by atoms with Crippen molar-refractivity contribution >= 4 is 6.03 Å². The van der Waals surface area contributed by atoms with Crippen molar-refractivity contribution in [2.24, 2.45) is 0 Å². The van der Waals surface area contributed by atoms with Crippen LogP contribution in [0.2, 0.25) is 0 Å². The molecular weight excluding hydrogens is 306 g/mol. The number of hydrogen-bond donors (Lipinski definition) is 2. The number of nitrogens with one attached hydrogen (secondary N) is 2. The third-order valence-corrected chi connectivity index (χ3v) is 3.98. The molecule has 0 radical (unpaired) electrons. The quantitative estimate of drug-likeness (QED) is 0.608. The molecule has 0 saturated heterocycles. The second kappa shape index (κ2) is 11.6. The van der Waals surface area contributed by atoms with Crippen molar-refractivity contribution in [3.05, 3.63) is 23.8 Å². The molecule has 0 saturated carbocycles. The Morgan fingerprint density at radius 2 is 1.71 bits per heavy atom. The highest BCUT2D eigenvalue weighted by Gasteiger charge is 2.05. The minimum absolute atomic E-state index is 0.116. The number of methoxy groups -OCH3 is 2. The standard InChI is InChI=1S/C18H31N3O3/c1-5-21(6-2)13-7-11-19-18(22)20-12-10-15-8-9-16(23-3)17(14-15)24-4/h8-9,14H,5-7,10-13H2,1-4H3,(H2,19,20,22). The number of carbonyl (C=O) groups excluding carboxylic acids is 1. The average molecular weight is 337 g/mol. The van der Waals surface area contributed by atoms with E-state index in [4.69, 9.17) is 9.47 Å². The summed E-state index contributed by atoms with van der Waals surface area (Å²) in [6.45, 7) is 8.69. The fourth-order valence-electron chi connectivity index (χ4n) is 2.46. The molecule has 0 spiro atoms. The van der Waals surface area contributed by atoms with Crippen molar-refractivity contribution in [1.29, 1.82) is 0 Å². The second-order valence-corrected chi connectivity index (χ2v) is 5.50. The first-order valence-electron chi connectivity index (χ1n) is 8.59. The molecule has 0 fully saturated rings. The van der Waals surface area contributed by atoms with Gasteiger partial charge in [-0.1, -0.05) is 19.9 Å². The molecule has 6 heteroatoms. The summed E-state index contributed by atoms with van der Waals surface area (Å²) in [6.07, 6.45) is 1.71. The number of amides is 2. The SMILES string of the molecule is CCN(CC)CCCNC(=O)NCCc1ccc(OC)c(OC)c1. The lowest BCUT2D eigenvalue weighted by Gasteiger charge is -2.17. The molecule has 1 aromatic carbocycles. The Morgan fingerprint density at radius 3 is 2.33 bits per heavy atom. The molecule has 24 heavy (non-hydrogen) atoms. The smallest absolute Gasteiger partial charge is 0.314 e. The predicted molar refractivity (Wildman–Crippen MR) is 97.1 cm³/mol. The van der Waals surface area contributed by atoms with E-state index in [0.717, 1.165) is 38.0 Å². The first kappa shape index (κ1) is 20.1. The van der Waals surface area contributed by atoms with Crippen LogP contribution in [0.4, 0.5) is 4.79 Å². The van der Waals surface area contributed by atoms with Crippen LogP contribution < -0.4 is 20.1 Å². The summed E-state index contributed by atoms with van der Waals surface area (Å²) >= 11 is 0. The number of rotatable bonds is 11. The van der Waals surface area contributed by atoms with Gasteiger partial charge in [0, 0.05) is 13.1 Å². The zero-order chi connectivity index (χ0) is 17.8. The molecule has 0 heterocycles. The van der Waals surface area contributed by atoms with Gasteiger partial charge in [-0.25, -0.2) is 4.79 Å². The van der Waals surface area contributed by atoms with Gasteiger partial charge in [-0.3, -0.25) is 0 Å². The maximum absolute atomic E-state index is 11.8. The van der Waals surface area contributed by atoms with Crippen molar-refractivity contribution in [2.75, 3.05) is 46.9 Å². The Balaban J connectivity index is 2.23. The van der Waals surface area contributed by atoms with E-state index >= 15 is 0 Å². The summed E-state index contributed by atoms with van der Waals surface area (Å²) < 4.78 is 10.5.